The number of benzene rings is 2. The zero-order valence-corrected chi connectivity index (χ0v) is 19.6. The number of aryl methyl sites for hydroxylation is 1. The van der Waals surface area contributed by atoms with Gasteiger partial charge in [-0.05, 0) is 31.4 Å². The number of anilines is 2. The van der Waals surface area contributed by atoms with Gasteiger partial charge in [-0.3, -0.25) is 9.10 Å². The third kappa shape index (κ3) is 3.62. The Kier molecular flexibility index (Phi) is 5.32. The van der Waals surface area contributed by atoms with Gasteiger partial charge in [-0.1, -0.05) is 24.3 Å². The number of fused-ring (bicyclic) bond motifs is 1. The summed E-state index contributed by atoms with van der Waals surface area (Å²) >= 11 is 0. The number of nitrogens with zero attached hydrogens (tertiary/aromatic N) is 3. The topological polar surface area (TPSA) is 155 Å². The molecule has 0 spiro atoms. The van der Waals surface area contributed by atoms with Crippen LogP contribution in [0.25, 0.3) is 21.9 Å². The van der Waals surface area contributed by atoms with Gasteiger partial charge in [0.15, 0.2) is 12.4 Å². The highest BCUT2D eigenvalue weighted by Crippen LogP contribution is 2.41. The number of nitrogens with two attached hydrogens (primary N) is 1. The van der Waals surface area contributed by atoms with Crippen molar-refractivity contribution in [2.45, 2.75) is 25.3 Å². The Bertz CT molecular complexity index is 1620. The first-order valence-electron chi connectivity index (χ1n) is 10.6. The summed E-state index contributed by atoms with van der Waals surface area (Å²) in [4.78, 5) is 33.3. The van der Waals surface area contributed by atoms with Crippen LogP contribution in [0.3, 0.4) is 0 Å². The third-order valence-corrected chi connectivity index (χ3v) is 7.40. The van der Waals surface area contributed by atoms with E-state index in [4.69, 9.17) is 19.6 Å². The van der Waals surface area contributed by atoms with Crippen molar-refractivity contribution in [3.8, 4) is 0 Å². The molecule has 3 heterocycles. The largest absolute Gasteiger partial charge is 0.462 e. The van der Waals surface area contributed by atoms with E-state index >= 15 is 0 Å². The van der Waals surface area contributed by atoms with Gasteiger partial charge in [0.25, 0.3) is 10.0 Å². The maximum atomic E-state index is 13.0. The van der Waals surface area contributed by atoms with Crippen LogP contribution in [0.15, 0.2) is 45.7 Å². The Balaban J connectivity index is 1.36. The molecule has 2 N–H and O–H groups in total. The molecular formula is C23H20N4O7S. The van der Waals surface area contributed by atoms with Crippen LogP contribution in [0.5, 0.6) is 0 Å². The first kappa shape index (κ1) is 22.6. The van der Waals surface area contributed by atoms with Gasteiger partial charge in [-0.15, -0.1) is 0 Å². The van der Waals surface area contributed by atoms with Crippen molar-refractivity contribution in [2.24, 2.45) is 0 Å². The van der Waals surface area contributed by atoms with Gasteiger partial charge in [0.05, 0.1) is 22.6 Å². The van der Waals surface area contributed by atoms with Gasteiger partial charge in [-0.2, -0.15) is 4.98 Å². The van der Waals surface area contributed by atoms with E-state index in [0.29, 0.717) is 11.1 Å². The van der Waals surface area contributed by atoms with E-state index < -0.39 is 28.5 Å². The highest BCUT2D eigenvalue weighted by atomic mass is 32.2. The van der Waals surface area contributed by atoms with E-state index in [1.807, 2.05) is 0 Å². The number of nitrogen functional groups attached to an aromatic ring is 1. The smallest absolute Gasteiger partial charge is 0.342 e. The normalized spacial score (nSPS) is 13.9. The van der Waals surface area contributed by atoms with E-state index in [1.165, 1.54) is 6.07 Å². The van der Waals surface area contributed by atoms with E-state index in [-0.39, 0.29) is 52.2 Å². The minimum Gasteiger partial charge on any atom is -0.462 e. The van der Waals surface area contributed by atoms with Crippen LogP contribution < -0.4 is 10.0 Å². The number of rotatable bonds is 6. The Morgan fingerprint density at radius 1 is 1.09 bits per heavy atom. The maximum absolute atomic E-state index is 13.0. The fraction of sp³-hybridized carbons (Fsp3) is 0.217. The van der Waals surface area contributed by atoms with Crippen LogP contribution in [0.1, 0.15) is 28.9 Å². The molecular weight excluding hydrogens is 476 g/mol. The van der Waals surface area contributed by atoms with Crippen molar-refractivity contribution in [2.75, 3.05) is 23.2 Å². The van der Waals surface area contributed by atoms with Crippen LogP contribution in [0.2, 0.25) is 0 Å². The number of ether oxygens (including phenoxy) is 2. The monoisotopic (exact) mass is 496 g/mol. The second-order valence-corrected chi connectivity index (χ2v) is 9.59. The van der Waals surface area contributed by atoms with Crippen LogP contribution in [-0.4, -0.2) is 43.5 Å². The molecule has 0 saturated heterocycles. The zero-order chi connectivity index (χ0) is 24.9. The van der Waals surface area contributed by atoms with Crippen molar-refractivity contribution in [3.05, 3.63) is 53.5 Å². The second-order valence-electron chi connectivity index (χ2n) is 7.76. The van der Waals surface area contributed by atoms with Gasteiger partial charge in [0.2, 0.25) is 5.71 Å². The summed E-state index contributed by atoms with van der Waals surface area (Å²) in [5.41, 5.74) is 6.62. The van der Waals surface area contributed by atoms with Gasteiger partial charge in [-0.25, -0.2) is 18.2 Å². The molecule has 2 aromatic heterocycles. The van der Waals surface area contributed by atoms with Gasteiger partial charge < -0.3 is 19.6 Å². The molecule has 0 radical (unpaired) electrons. The predicted octanol–water partition coefficient (Wildman–Crippen LogP) is 2.70. The average molecular weight is 497 g/mol. The molecule has 1 aliphatic rings. The highest BCUT2D eigenvalue weighted by Gasteiger charge is 2.37. The van der Waals surface area contributed by atoms with Crippen molar-refractivity contribution in [1.82, 2.24) is 9.97 Å². The summed E-state index contributed by atoms with van der Waals surface area (Å²) in [5, 5.41) is 1.53. The molecule has 35 heavy (non-hydrogen) atoms. The fourth-order valence-corrected chi connectivity index (χ4v) is 5.79. The lowest BCUT2D eigenvalue weighted by Gasteiger charge is -2.17. The van der Waals surface area contributed by atoms with Crippen molar-refractivity contribution < 1.29 is 31.9 Å². The summed E-state index contributed by atoms with van der Waals surface area (Å²) in [6.45, 7) is 2.52. The lowest BCUT2D eigenvalue weighted by Crippen LogP contribution is -2.33. The van der Waals surface area contributed by atoms with Crippen LogP contribution in [0, 0.1) is 6.92 Å². The molecule has 4 aromatic rings. The van der Waals surface area contributed by atoms with E-state index in [0.717, 1.165) is 9.69 Å². The summed E-state index contributed by atoms with van der Waals surface area (Å²) in [6, 6.07) is 10.1. The number of carbonyl (C=O) groups is 2. The van der Waals surface area contributed by atoms with Crippen molar-refractivity contribution in [1.29, 1.82) is 0 Å². The van der Waals surface area contributed by atoms with Gasteiger partial charge >= 0.3 is 11.9 Å². The SMILES string of the molecule is CCOC(=O)c1c(C)oc2nc(COC(=O)CN3c4cccc5cccc(c45)S3(=O)=O)nc(N)c12. The molecule has 5 rings (SSSR count). The van der Waals surface area contributed by atoms with Crippen LogP contribution in [-0.2, 0) is 30.9 Å². The van der Waals surface area contributed by atoms with Crippen molar-refractivity contribution >= 4 is 55.3 Å². The van der Waals surface area contributed by atoms with E-state index in [1.54, 1.807) is 44.2 Å². The first-order chi connectivity index (χ1) is 16.7. The lowest BCUT2D eigenvalue weighted by molar-refractivity contribution is -0.143. The number of carbonyl (C=O) groups excluding carboxylic acids is 2. The molecule has 12 heteroatoms. The molecule has 0 aliphatic carbocycles. The molecule has 0 amide bonds. The summed E-state index contributed by atoms with van der Waals surface area (Å²) in [6.07, 6.45) is 0. The molecule has 2 aromatic carbocycles. The summed E-state index contributed by atoms with van der Waals surface area (Å²) in [5.74, 6) is -1.15. The molecule has 0 bridgehead atoms. The Morgan fingerprint density at radius 3 is 2.57 bits per heavy atom. The molecule has 0 saturated carbocycles. The summed E-state index contributed by atoms with van der Waals surface area (Å²) < 4.78 is 42.9. The third-order valence-electron chi connectivity index (χ3n) is 5.60. The van der Waals surface area contributed by atoms with Crippen molar-refractivity contribution in [3.63, 3.8) is 0 Å². The quantitative estimate of drug-likeness (QED) is 0.394. The Labute approximate surface area is 199 Å². The minimum atomic E-state index is -3.90. The summed E-state index contributed by atoms with van der Waals surface area (Å²) in [7, 11) is -3.90. The number of aromatic nitrogens is 2. The van der Waals surface area contributed by atoms with Crippen LogP contribution in [0.4, 0.5) is 11.5 Å². The zero-order valence-electron chi connectivity index (χ0n) is 18.8. The number of hydrogen-bond donors (Lipinski definition) is 1. The lowest BCUT2D eigenvalue weighted by atomic mass is 10.1. The number of hydrogen-bond acceptors (Lipinski definition) is 10. The Hall–Kier alpha value is -4.19. The number of esters is 2. The molecule has 1 aliphatic heterocycles. The van der Waals surface area contributed by atoms with Gasteiger partial charge in [0.1, 0.15) is 23.7 Å². The maximum Gasteiger partial charge on any atom is 0.342 e. The van der Waals surface area contributed by atoms with Crippen LogP contribution >= 0.6 is 0 Å². The minimum absolute atomic E-state index is 0.0298. The van der Waals surface area contributed by atoms with E-state index in [2.05, 4.69) is 9.97 Å². The second kappa shape index (κ2) is 8.24. The average Bonchev–Trinajstić information content (AvgIpc) is 3.26. The van der Waals surface area contributed by atoms with E-state index in [9.17, 15) is 18.0 Å². The first-order valence-corrected chi connectivity index (χ1v) is 12.1. The molecule has 0 unspecified atom stereocenters. The van der Waals surface area contributed by atoms with Gasteiger partial charge in [0, 0.05) is 5.39 Å². The molecule has 0 fully saturated rings. The number of sulfonamides is 1. The molecule has 0 atom stereocenters. The Morgan fingerprint density at radius 2 is 1.83 bits per heavy atom. The molecule has 11 nitrogen and oxygen atoms in total. The standard InChI is InChI=1S/C23H20N4O7S/c1-3-32-23(29)18-12(2)34-22-20(18)21(24)25-16(26-22)11-33-17(28)10-27-14-8-4-6-13-7-5-9-15(19(13)14)35(27,30)31/h4-9H,3,10-11H2,1-2H3,(H2,24,25,26). The fourth-order valence-electron chi connectivity index (χ4n) is 4.13. The highest BCUT2D eigenvalue weighted by molar-refractivity contribution is 7.93. The predicted molar refractivity (Wildman–Crippen MR) is 125 cm³/mol. The number of furan rings is 1. The molecule has 180 valence electrons.